The van der Waals surface area contributed by atoms with Crippen molar-refractivity contribution < 1.29 is 18.0 Å². The van der Waals surface area contributed by atoms with Crippen LogP contribution in [0.25, 0.3) is 0 Å². The Labute approximate surface area is 204 Å². The first-order valence-corrected chi connectivity index (χ1v) is 13.5. The molecule has 8 heteroatoms. The number of sulfonamides is 1. The van der Waals surface area contributed by atoms with Gasteiger partial charge in [0.2, 0.25) is 21.8 Å². The number of para-hydroxylation sites is 1. The van der Waals surface area contributed by atoms with Crippen molar-refractivity contribution in [1.82, 2.24) is 10.2 Å². The number of rotatable bonds is 11. The van der Waals surface area contributed by atoms with Gasteiger partial charge in [0.25, 0.3) is 0 Å². The molecule has 2 aromatic carbocycles. The summed E-state index contributed by atoms with van der Waals surface area (Å²) in [4.78, 5) is 28.0. The number of carbonyl (C=O) groups is 2. The molecule has 2 aromatic rings. The summed E-state index contributed by atoms with van der Waals surface area (Å²) in [6.07, 6.45) is 2.48. The second-order valence-electron chi connectivity index (χ2n) is 8.75. The molecule has 186 valence electrons. The highest BCUT2D eigenvalue weighted by Gasteiger charge is 2.31. The molecule has 7 nitrogen and oxygen atoms in total. The zero-order valence-corrected chi connectivity index (χ0v) is 21.9. The monoisotopic (exact) mass is 487 g/mol. The largest absolute Gasteiger partial charge is 0.352 e. The van der Waals surface area contributed by atoms with E-state index in [1.54, 1.807) is 19.1 Å². The van der Waals surface area contributed by atoms with Crippen molar-refractivity contribution in [3.63, 3.8) is 0 Å². The minimum absolute atomic E-state index is 0.0322. The molecule has 2 atom stereocenters. The number of nitrogens with zero attached hydrogens (tertiary/aromatic N) is 2. The van der Waals surface area contributed by atoms with E-state index in [4.69, 9.17) is 0 Å². The Morgan fingerprint density at radius 1 is 1.00 bits per heavy atom. The standard InChI is InChI=1S/C26H37N3O4S/c1-7-20(4)27-26(31)21(5)28(17-22-15-13-19(3)14-16-22)25(30)18-29(34(6,32)33)24-12-10-9-11-23(24)8-2/h9-16,20-21H,7-8,17-18H2,1-6H3,(H,27,31)/t20-,21+/m0/s1. The van der Waals surface area contributed by atoms with Crippen LogP contribution in [0.5, 0.6) is 0 Å². The van der Waals surface area contributed by atoms with Gasteiger partial charge in [0.1, 0.15) is 12.6 Å². The van der Waals surface area contributed by atoms with Crippen molar-refractivity contribution in [3.8, 4) is 0 Å². The van der Waals surface area contributed by atoms with Crippen LogP contribution < -0.4 is 9.62 Å². The second-order valence-corrected chi connectivity index (χ2v) is 10.7. The molecular weight excluding hydrogens is 450 g/mol. The maximum atomic E-state index is 13.6. The number of amides is 2. The summed E-state index contributed by atoms with van der Waals surface area (Å²) in [7, 11) is -3.74. The van der Waals surface area contributed by atoms with Gasteiger partial charge in [0.05, 0.1) is 11.9 Å². The minimum atomic E-state index is -3.74. The van der Waals surface area contributed by atoms with E-state index in [0.717, 1.165) is 33.7 Å². The zero-order valence-electron chi connectivity index (χ0n) is 21.0. The van der Waals surface area contributed by atoms with Gasteiger partial charge in [-0.3, -0.25) is 13.9 Å². The summed E-state index contributed by atoms with van der Waals surface area (Å²) in [5.41, 5.74) is 3.26. The van der Waals surface area contributed by atoms with E-state index in [-0.39, 0.29) is 25.0 Å². The molecule has 1 N–H and O–H groups in total. The lowest BCUT2D eigenvalue weighted by atomic mass is 10.1. The van der Waals surface area contributed by atoms with Crippen LogP contribution in [-0.2, 0) is 32.6 Å². The van der Waals surface area contributed by atoms with E-state index in [1.807, 2.05) is 64.1 Å². The van der Waals surface area contributed by atoms with E-state index >= 15 is 0 Å². The predicted octanol–water partition coefficient (Wildman–Crippen LogP) is 3.66. The lowest BCUT2D eigenvalue weighted by molar-refractivity contribution is -0.139. The smallest absolute Gasteiger partial charge is 0.244 e. The third-order valence-electron chi connectivity index (χ3n) is 5.96. The van der Waals surface area contributed by atoms with Gasteiger partial charge in [-0.1, -0.05) is 61.9 Å². The maximum absolute atomic E-state index is 13.6. The van der Waals surface area contributed by atoms with Crippen LogP contribution in [0.2, 0.25) is 0 Å². The molecule has 0 spiro atoms. The van der Waals surface area contributed by atoms with E-state index in [0.29, 0.717) is 12.1 Å². The first kappa shape index (κ1) is 27.4. The first-order valence-electron chi connectivity index (χ1n) is 11.7. The van der Waals surface area contributed by atoms with Crippen LogP contribution in [0.1, 0.15) is 50.8 Å². The molecule has 0 aliphatic heterocycles. The molecule has 34 heavy (non-hydrogen) atoms. The molecule has 0 unspecified atom stereocenters. The summed E-state index contributed by atoms with van der Waals surface area (Å²) in [6, 6.07) is 14.1. The molecule has 0 aromatic heterocycles. The molecule has 2 amide bonds. The normalized spacial score (nSPS) is 13.1. The number of carbonyl (C=O) groups excluding carboxylic acids is 2. The summed E-state index contributed by atoms with van der Waals surface area (Å²) in [5.74, 6) is -0.710. The average Bonchev–Trinajstić information content (AvgIpc) is 2.80. The third-order valence-corrected chi connectivity index (χ3v) is 7.09. The maximum Gasteiger partial charge on any atom is 0.244 e. The molecule has 0 radical (unpaired) electrons. The van der Waals surface area contributed by atoms with Crippen molar-refractivity contribution in [1.29, 1.82) is 0 Å². The van der Waals surface area contributed by atoms with Gasteiger partial charge < -0.3 is 10.2 Å². The second kappa shape index (κ2) is 12.0. The predicted molar refractivity (Wildman–Crippen MR) is 137 cm³/mol. The lowest BCUT2D eigenvalue weighted by Crippen LogP contribution is -2.52. The molecule has 0 fully saturated rings. The summed E-state index contributed by atoms with van der Waals surface area (Å²) in [6.45, 7) is 9.28. The fraction of sp³-hybridized carbons (Fsp3) is 0.462. The molecule has 0 bridgehead atoms. The Bertz CT molecular complexity index is 1080. The van der Waals surface area contributed by atoms with E-state index < -0.39 is 22.0 Å². The van der Waals surface area contributed by atoms with Gasteiger partial charge in [-0.15, -0.1) is 0 Å². The van der Waals surface area contributed by atoms with E-state index in [9.17, 15) is 18.0 Å². The van der Waals surface area contributed by atoms with Gasteiger partial charge >= 0.3 is 0 Å². The molecule has 0 aliphatic carbocycles. The topological polar surface area (TPSA) is 86.8 Å². The number of nitrogens with one attached hydrogen (secondary N) is 1. The molecule has 0 aliphatic rings. The van der Waals surface area contributed by atoms with Gasteiger partial charge in [-0.25, -0.2) is 8.42 Å². The van der Waals surface area contributed by atoms with Crippen LogP contribution in [0.15, 0.2) is 48.5 Å². The SMILES string of the molecule is CCc1ccccc1N(CC(=O)N(Cc1ccc(C)cc1)[C@H](C)C(=O)N[C@@H](C)CC)S(C)(=O)=O. The fourth-order valence-electron chi connectivity index (χ4n) is 3.59. The third kappa shape index (κ3) is 7.32. The number of aryl methyl sites for hydroxylation is 2. The summed E-state index contributed by atoms with van der Waals surface area (Å²) < 4.78 is 26.6. The van der Waals surface area contributed by atoms with Crippen molar-refractivity contribution in [2.75, 3.05) is 17.1 Å². The average molecular weight is 488 g/mol. The summed E-state index contributed by atoms with van der Waals surface area (Å²) >= 11 is 0. The van der Waals surface area contributed by atoms with Gasteiger partial charge in [-0.2, -0.15) is 0 Å². The Hall–Kier alpha value is -2.87. The van der Waals surface area contributed by atoms with Crippen molar-refractivity contribution in [3.05, 3.63) is 65.2 Å². The van der Waals surface area contributed by atoms with Crippen LogP contribution in [0.4, 0.5) is 5.69 Å². The highest BCUT2D eigenvalue weighted by Crippen LogP contribution is 2.24. The highest BCUT2D eigenvalue weighted by atomic mass is 32.2. The van der Waals surface area contributed by atoms with Gasteiger partial charge in [-0.05, 0) is 50.8 Å². The molecule has 2 rings (SSSR count). The van der Waals surface area contributed by atoms with Crippen LogP contribution in [0, 0.1) is 6.92 Å². The van der Waals surface area contributed by atoms with Gasteiger partial charge in [0.15, 0.2) is 0 Å². The van der Waals surface area contributed by atoms with Crippen molar-refractivity contribution in [2.24, 2.45) is 0 Å². The Morgan fingerprint density at radius 2 is 1.62 bits per heavy atom. The first-order chi connectivity index (χ1) is 16.0. The molecule has 0 saturated heterocycles. The van der Waals surface area contributed by atoms with Crippen LogP contribution >= 0.6 is 0 Å². The van der Waals surface area contributed by atoms with Crippen molar-refractivity contribution in [2.45, 2.75) is 66.1 Å². The summed E-state index contributed by atoms with van der Waals surface area (Å²) in [5, 5.41) is 2.93. The Balaban J connectivity index is 2.41. The number of benzene rings is 2. The van der Waals surface area contributed by atoms with E-state index in [2.05, 4.69) is 5.32 Å². The Morgan fingerprint density at radius 3 is 2.18 bits per heavy atom. The van der Waals surface area contributed by atoms with Crippen molar-refractivity contribution >= 4 is 27.5 Å². The fourth-order valence-corrected chi connectivity index (χ4v) is 4.47. The van der Waals surface area contributed by atoms with E-state index in [1.165, 1.54) is 4.90 Å². The molecule has 0 heterocycles. The highest BCUT2D eigenvalue weighted by molar-refractivity contribution is 7.92. The zero-order chi connectivity index (χ0) is 25.5. The molecular formula is C26H37N3O4S. The Kier molecular flexibility index (Phi) is 9.67. The minimum Gasteiger partial charge on any atom is -0.352 e. The van der Waals surface area contributed by atoms with Crippen LogP contribution in [-0.4, -0.2) is 50.0 Å². The quantitative estimate of drug-likeness (QED) is 0.524. The number of anilines is 1. The molecule has 0 saturated carbocycles. The lowest BCUT2D eigenvalue weighted by Gasteiger charge is -2.32. The van der Waals surface area contributed by atoms with Gasteiger partial charge in [0, 0.05) is 12.6 Å². The number of hydrogen-bond acceptors (Lipinski definition) is 4. The number of hydrogen-bond donors (Lipinski definition) is 1. The van der Waals surface area contributed by atoms with Crippen LogP contribution in [0.3, 0.4) is 0 Å².